The average molecular weight is 352 g/mol. The van der Waals surface area contributed by atoms with Crippen LogP contribution in [-0.4, -0.2) is 20.1 Å². The fourth-order valence-electron chi connectivity index (χ4n) is 1.98. The van der Waals surface area contributed by atoms with Crippen molar-refractivity contribution >= 4 is 40.9 Å². The highest BCUT2D eigenvalue weighted by atomic mass is 35.5. The van der Waals surface area contributed by atoms with Crippen molar-refractivity contribution in [3.63, 3.8) is 0 Å². The van der Waals surface area contributed by atoms with E-state index in [-0.39, 0.29) is 5.91 Å². The summed E-state index contributed by atoms with van der Waals surface area (Å²) in [5.41, 5.74) is 1.12. The van der Waals surface area contributed by atoms with E-state index < -0.39 is 0 Å². The summed E-state index contributed by atoms with van der Waals surface area (Å²) in [7, 11) is 3.11. The molecule has 2 aromatic carbocycles. The number of methoxy groups -OCH3 is 2. The molecule has 0 radical (unpaired) electrons. The molecule has 120 valence electrons. The van der Waals surface area contributed by atoms with Crippen molar-refractivity contribution < 1.29 is 14.3 Å². The predicted octanol–water partition coefficient (Wildman–Crippen LogP) is 4.66. The standard InChI is InChI=1S/C17H15Cl2NO3/c1-22-14-7-4-8-15(23-2)11(14)9-10-16(21)20-13-6-3-5-12(18)17(13)19/h3-10H,1-2H3,(H,20,21). The molecule has 0 atom stereocenters. The van der Waals surface area contributed by atoms with Crippen LogP contribution in [0.3, 0.4) is 0 Å². The van der Waals surface area contributed by atoms with Crippen LogP contribution in [0.15, 0.2) is 42.5 Å². The lowest BCUT2D eigenvalue weighted by Crippen LogP contribution is -2.08. The quantitative estimate of drug-likeness (QED) is 0.796. The number of amides is 1. The fraction of sp³-hybridized carbons (Fsp3) is 0.118. The second-order valence-electron chi connectivity index (χ2n) is 4.50. The van der Waals surface area contributed by atoms with Crippen molar-refractivity contribution in [2.75, 3.05) is 19.5 Å². The molecule has 0 heterocycles. The molecule has 23 heavy (non-hydrogen) atoms. The zero-order valence-corrected chi connectivity index (χ0v) is 14.1. The summed E-state index contributed by atoms with van der Waals surface area (Å²) in [5, 5.41) is 3.34. The van der Waals surface area contributed by atoms with Gasteiger partial charge in [0.25, 0.3) is 0 Å². The van der Waals surface area contributed by atoms with Gasteiger partial charge in [0.2, 0.25) is 5.91 Å². The van der Waals surface area contributed by atoms with E-state index in [2.05, 4.69) is 5.32 Å². The van der Waals surface area contributed by atoms with Crippen LogP contribution < -0.4 is 14.8 Å². The van der Waals surface area contributed by atoms with Crippen LogP contribution >= 0.6 is 23.2 Å². The third kappa shape index (κ3) is 4.18. The Hall–Kier alpha value is -2.17. The van der Waals surface area contributed by atoms with Crippen molar-refractivity contribution in [1.29, 1.82) is 0 Å². The maximum Gasteiger partial charge on any atom is 0.248 e. The Balaban J connectivity index is 2.20. The Morgan fingerprint density at radius 1 is 1.04 bits per heavy atom. The Morgan fingerprint density at radius 2 is 1.65 bits per heavy atom. The summed E-state index contributed by atoms with van der Waals surface area (Å²) < 4.78 is 10.5. The van der Waals surface area contributed by atoms with Crippen LogP contribution in [0.1, 0.15) is 5.56 Å². The first kappa shape index (κ1) is 17.2. The van der Waals surface area contributed by atoms with E-state index >= 15 is 0 Å². The van der Waals surface area contributed by atoms with Gasteiger partial charge in [-0.1, -0.05) is 35.3 Å². The zero-order valence-electron chi connectivity index (χ0n) is 12.6. The van der Waals surface area contributed by atoms with Crippen molar-refractivity contribution in [1.82, 2.24) is 0 Å². The number of hydrogen-bond donors (Lipinski definition) is 1. The summed E-state index contributed by atoms with van der Waals surface area (Å²) in [6.07, 6.45) is 2.99. The number of hydrogen-bond acceptors (Lipinski definition) is 3. The molecule has 0 aliphatic rings. The van der Waals surface area contributed by atoms with Gasteiger partial charge in [-0.15, -0.1) is 0 Å². The lowest BCUT2D eigenvalue weighted by atomic mass is 10.1. The molecule has 2 aromatic rings. The van der Waals surface area contributed by atoms with Crippen molar-refractivity contribution in [2.45, 2.75) is 0 Å². The number of carbonyl (C=O) groups is 1. The highest BCUT2D eigenvalue weighted by Crippen LogP contribution is 2.31. The molecule has 1 amide bonds. The number of rotatable bonds is 5. The number of benzene rings is 2. The molecule has 0 saturated carbocycles. The van der Waals surface area contributed by atoms with Gasteiger partial charge >= 0.3 is 0 Å². The van der Waals surface area contributed by atoms with E-state index in [1.165, 1.54) is 6.08 Å². The molecule has 6 heteroatoms. The molecule has 0 aliphatic carbocycles. The molecule has 0 unspecified atom stereocenters. The highest BCUT2D eigenvalue weighted by molar-refractivity contribution is 6.44. The summed E-state index contributed by atoms with van der Waals surface area (Å²) >= 11 is 12.0. The van der Waals surface area contributed by atoms with Gasteiger partial charge in [0.05, 0.1) is 35.5 Å². The third-order valence-electron chi connectivity index (χ3n) is 3.08. The Bertz CT molecular complexity index is 722. The monoisotopic (exact) mass is 351 g/mol. The lowest BCUT2D eigenvalue weighted by Gasteiger charge is -2.09. The number of halogens is 2. The van der Waals surface area contributed by atoms with E-state index in [9.17, 15) is 4.79 Å². The molecule has 0 saturated heterocycles. The molecular formula is C17H15Cl2NO3. The van der Waals surface area contributed by atoms with Gasteiger partial charge in [0.1, 0.15) is 11.5 Å². The van der Waals surface area contributed by atoms with E-state index in [4.69, 9.17) is 32.7 Å². The molecule has 0 aliphatic heterocycles. The minimum Gasteiger partial charge on any atom is -0.496 e. The summed E-state index contributed by atoms with van der Waals surface area (Å²) in [4.78, 5) is 12.1. The molecular weight excluding hydrogens is 337 g/mol. The number of nitrogens with one attached hydrogen (secondary N) is 1. The van der Waals surface area contributed by atoms with Gasteiger partial charge in [-0.3, -0.25) is 4.79 Å². The number of ether oxygens (including phenoxy) is 2. The number of anilines is 1. The molecule has 4 nitrogen and oxygen atoms in total. The summed E-state index contributed by atoms with van der Waals surface area (Å²) in [6, 6.07) is 10.4. The van der Waals surface area contributed by atoms with Gasteiger partial charge in [0.15, 0.2) is 0 Å². The average Bonchev–Trinajstić information content (AvgIpc) is 2.56. The van der Waals surface area contributed by atoms with Gasteiger partial charge in [0, 0.05) is 6.08 Å². The molecule has 0 bridgehead atoms. The molecule has 2 rings (SSSR count). The summed E-state index contributed by atoms with van der Waals surface area (Å²) in [5.74, 6) is 0.866. The maximum atomic E-state index is 12.1. The molecule has 0 spiro atoms. The second kappa shape index (κ2) is 7.90. The Morgan fingerprint density at radius 3 is 2.26 bits per heavy atom. The topological polar surface area (TPSA) is 47.6 Å². The summed E-state index contributed by atoms with van der Waals surface area (Å²) in [6.45, 7) is 0. The van der Waals surface area contributed by atoms with Crippen LogP contribution in [0.2, 0.25) is 10.0 Å². The van der Waals surface area contributed by atoms with Gasteiger partial charge in [-0.2, -0.15) is 0 Å². The van der Waals surface area contributed by atoms with Crippen molar-refractivity contribution in [3.05, 3.63) is 58.1 Å². The fourth-order valence-corrected chi connectivity index (χ4v) is 2.33. The first-order valence-electron chi connectivity index (χ1n) is 6.71. The van der Waals surface area contributed by atoms with Crippen LogP contribution in [0.25, 0.3) is 6.08 Å². The van der Waals surface area contributed by atoms with E-state index in [1.54, 1.807) is 56.7 Å². The first-order valence-corrected chi connectivity index (χ1v) is 7.46. The highest BCUT2D eigenvalue weighted by Gasteiger charge is 2.09. The van der Waals surface area contributed by atoms with Crippen molar-refractivity contribution in [3.8, 4) is 11.5 Å². The number of carbonyl (C=O) groups excluding carboxylic acids is 1. The largest absolute Gasteiger partial charge is 0.496 e. The van der Waals surface area contributed by atoms with E-state index in [0.717, 1.165) is 0 Å². The van der Waals surface area contributed by atoms with E-state index in [0.29, 0.717) is 32.8 Å². The second-order valence-corrected chi connectivity index (χ2v) is 5.29. The molecule has 0 fully saturated rings. The van der Waals surface area contributed by atoms with Crippen LogP contribution in [0, 0.1) is 0 Å². The van der Waals surface area contributed by atoms with Crippen LogP contribution in [-0.2, 0) is 4.79 Å². The predicted molar refractivity (Wildman–Crippen MR) is 93.7 cm³/mol. The zero-order chi connectivity index (χ0) is 16.8. The van der Waals surface area contributed by atoms with Crippen LogP contribution in [0.5, 0.6) is 11.5 Å². The van der Waals surface area contributed by atoms with Gasteiger partial charge < -0.3 is 14.8 Å². The molecule has 1 N–H and O–H groups in total. The Kier molecular flexibility index (Phi) is 5.90. The first-order chi connectivity index (χ1) is 11.1. The van der Waals surface area contributed by atoms with E-state index in [1.807, 2.05) is 0 Å². The smallest absolute Gasteiger partial charge is 0.248 e. The van der Waals surface area contributed by atoms with Crippen LogP contribution in [0.4, 0.5) is 5.69 Å². The molecule has 0 aromatic heterocycles. The normalized spacial score (nSPS) is 10.6. The van der Waals surface area contributed by atoms with Gasteiger partial charge in [-0.25, -0.2) is 0 Å². The lowest BCUT2D eigenvalue weighted by molar-refractivity contribution is -0.111. The maximum absolute atomic E-state index is 12.1. The SMILES string of the molecule is COc1cccc(OC)c1C=CC(=O)Nc1cccc(Cl)c1Cl. The van der Waals surface area contributed by atoms with Gasteiger partial charge in [-0.05, 0) is 30.3 Å². The minimum absolute atomic E-state index is 0.297. The minimum atomic E-state index is -0.345. The van der Waals surface area contributed by atoms with Crippen molar-refractivity contribution in [2.24, 2.45) is 0 Å². The Labute approximate surface area is 144 Å². The third-order valence-corrected chi connectivity index (χ3v) is 3.90.